The summed E-state index contributed by atoms with van der Waals surface area (Å²) in [5, 5.41) is 18.3. The van der Waals surface area contributed by atoms with Crippen molar-refractivity contribution in [2.24, 2.45) is 5.92 Å². The summed E-state index contributed by atoms with van der Waals surface area (Å²) in [5.41, 5.74) is 0. The Morgan fingerprint density at radius 3 is 2.53 bits per heavy atom. The molecule has 2 aliphatic rings. The fraction of sp³-hybridized carbons (Fsp3) is 0.652. The number of anilines is 1. The molecular formula is C23H31F3N6S2. The van der Waals surface area contributed by atoms with E-state index in [-0.39, 0.29) is 4.88 Å². The van der Waals surface area contributed by atoms with Gasteiger partial charge in [-0.05, 0) is 36.6 Å². The summed E-state index contributed by atoms with van der Waals surface area (Å²) < 4.78 is 38.4. The maximum Gasteiger partial charge on any atom is 0.393 e. The predicted molar refractivity (Wildman–Crippen MR) is 134 cm³/mol. The van der Waals surface area contributed by atoms with Gasteiger partial charge in [0.15, 0.2) is 5.17 Å². The molecule has 3 heterocycles. The fourth-order valence-electron chi connectivity index (χ4n) is 4.81. The fourth-order valence-corrected chi connectivity index (χ4v) is 6.62. The summed E-state index contributed by atoms with van der Waals surface area (Å²) in [4.78, 5) is 13.3. The monoisotopic (exact) mass is 512 g/mol. The molecule has 0 aromatic carbocycles. The lowest BCUT2D eigenvalue weighted by molar-refractivity contribution is -0.126. The first-order valence-electron chi connectivity index (χ1n) is 11.9. The van der Waals surface area contributed by atoms with Crippen molar-refractivity contribution in [2.75, 3.05) is 31.1 Å². The molecule has 2 fully saturated rings. The van der Waals surface area contributed by atoms with E-state index in [2.05, 4.69) is 14.9 Å². The van der Waals surface area contributed by atoms with Crippen LogP contribution >= 0.6 is 23.1 Å². The van der Waals surface area contributed by atoms with Crippen molar-refractivity contribution in [1.29, 1.82) is 10.8 Å². The quantitative estimate of drug-likeness (QED) is 0.350. The van der Waals surface area contributed by atoms with Crippen LogP contribution in [-0.4, -0.2) is 57.4 Å². The lowest BCUT2D eigenvalue weighted by Gasteiger charge is -2.36. The van der Waals surface area contributed by atoms with E-state index in [9.17, 15) is 13.2 Å². The highest BCUT2D eigenvalue weighted by atomic mass is 32.2. The van der Waals surface area contributed by atoms with Crippen LogP contribution in [0.4, 0.5) is 19.0 Å². The molecule has 11 heteroatoms. The Labute approximate surface area is 206 Å². The standard InChI is InChI=1S/C23H31F3N6S2/c24-23(25,26)14-17-13-18-20(29-15-30-21(18)33-17)31-9-11-32(12-10-31)22(28)34-19(27)8-4-7-16-5-2-1-3-6-16/h13,15-16,27-28H,1-12,14H2. The third kappa shape index (κ3) is 6.84. The molecule has 0 unspecified atom stereocenters. The van der Waals surface area contributed by atoms with Crippen LogP contribution in [0, 0.1) is 16.7 Å². The van der Waals surface area contributed by atoms with E-state index >= 15 is 0 Å². The SMILES string of the molecule is N=C(CCCC1CCCCC1)SC(=N)N1CCN(c2ncnc3sc(CC(F)(F)F)cc23)CC1. The molecule has 0 radical (unpaired) electrons. The number of thiophene rings is 1. The van der Waals surface area contributed by atoms with Gasteiger partial charge in [-0.2, -0.15) is 13.2 Å². The number of halogens is 3. The van der Waals surface area contributed by atoms with Crippen LogP contribution in [0.1, 0.15) is 56.2 Å². The molecular weight excluding hydrogens is 481 g/mol. The number of amidine groups is 1. The molecule has 0 bridgehead atoms. The number of hydrogen-bond acceptors (Lipinski definition) is 7. The Morgan fingerprint density at radius 1 is 1.09 bits per heavy atom. The zero-order valence-corrected chi connectivity index (χ0v) is 20.8. The molecule has 0 atom stereocenters. The Kier molecular flexibility index (Phi) is 8.34. The second-order valence-corrected chi connectivity index (χ2v) is 11.3. The highest BCUT2D eigenvalue weighted by Crippen LogP contribution is 2.34. The van der Waals surface area contributed by atoms with E-state index in [4.69, 9.17) is 10.8 Å². The van der Waals surface area contributed by atoms with Crippen LogP contribution in [0.5, 0.6) is 0 Å². The zero-order chi connectivity index (χ0) is 24.1. The third-order valence-corrected chi connectivity index (χ3v) is 8.51. The van der Waals surface area contributed by atoms with Crippen LogP contribution < -0.4 is 4.90 Å². The van der Waals surface area contributed by atoms with Gasteiger partial charge in [-0.15, -0.1) is 11.3 Å². The molecule has 1 saturated carbocycles. The average Bonchev–Trinajstić information content (AvgIpc) is 3.20. The minimum absolute atomic E-state index is 0.239. The van der Waals surface area contributed by atoms with Gasteiger partial charge in [-0.25, -0.2) is 9.97 Å². The highest BCUT2D eigenvalue weighted by molar-refractivity contribution is 8.26. The second-order valence-electron chi connectivity index (χ2n) is 9.12. The number of nitrogens with zero attached hydrogens (tertiary/aromatic N) is 4. The summed E-state index contributed by atoms with van der Waals surface area (Å²) in [7, 11) is 0. The van der Waals surface area contributed by atoms with Crippen molar-refractivity contribution in [1.82, 2.24) is 14.9 Å². The van der Waals surface area contributed by atoms with Crippen LogP contribution in [0.15, 0.2) is 12.4 Å². The minimum Gasteiger partial charge on any atom is -0.352 e. The summed E-state index contributed by atoms with van der Waals surface area (Å²) in [6, 6.07) is 1.56. The largest absolute Gasteiger partial charge is 0.393 e. The zero-order valence-electron chi connectivity index (χ0n) is 19.2. The van der Waals surface area contributed by atoms with Crippen LogP contribution in [-0.2, 0) is 6.42 Å². The average molecular weight is 513 g/mol. The predicted octanol–water partition coefficient (Wildman–Crippen LogP) is 6.31. The van der Waals surface area contributed by atoms with E-state index < -0.39 is 12.6 Å². The molecule has 0 amide bonds. The number of nitrogens with one attached hydrogen (secondary N) is 2. The second kappa shape index (κ2) is 11.2. The Morgan fingerprint density at radius 2 is 1.82 bits per heavy atom. The summed E-state index contributed by atoms with van der Waals surface area (Å²) in [6.07, 6.45) is 5.86. The van der Waals surface area contributed by atoms with Gasteiger partial charge < -0.3 is 9.80 Å². The molecule has 0 spiro atoms. The Bertz CT molecular complexity index is 994. The van der Waals surface area contributed by atoms with E-state index in [0.29, 0.717) is 52.4 Å². The number of rotatable bonds is 6. The molecule has 34 heavy (non-hydrogen) atoms. The Balaban J connectivity index is 1.26. The third-order valence-electron chi connectivity index (χ3n) is 6.56. The molecule has 4 rings (SSSR count). The van der Waals surface area contributed by atoms with Gasteiger partial charge in [0.05, 0.1) is 16.9 Å². The maximum atomic E-state index is 12.8. The molecule has 186 valence electrons. The molecule has 2 aromatic heterocycles. The van der Waals surface area contributed by atoms with E-state index in [1.54, 1.807) is 6.07 Å². The first kappa shape index (κ1) is 25.2. The van der Waals surface area contributed by atoms with E-state index in [0.717, 1.165) is 30.1 Å². The lowest BCUT2D eigenvalue weighted by atomic mass is 9.86. The van der Waals surface area contributed by atoms with Gasteiger partial charge in [-0.1, -0.05) is 38.5 Å². The van der Waals surface area contributed by atoms with Gasteiger partial charge in [0.1, 0.15) is 17.0 Å². The lowest BCUT2D eigenvalue weighted by Crippen LogP contribution is -2.48. The number of alkyl halides is 3. The molecule has 2 N–H and O–H groups in total. The van der Waals surface area contributed by atoms with Crippen molar-refractivity contribution < 1.29 is 13.2 Å². The van der Waals surface area contributed by atoms with Gasteiger partial charge >= 0.3 is 6.18 Å². The van der Waals surface area contributed by atoms with Gasteiger partial charge in [0.2, 0.25) is 0 Å². The first-order valence-corrected chi connectivity index (χ1v) is 13.6. The van der Waals surface area contributed by atoms with Crippen molar-refractivity contribution in [3.05, 3.63) is 17.3 Å². The summed E-state index contributed by atoms with van der Waals surface area (Å²) in [5.74, 6) is 1.48. The van der Waals surface area contributed by atoms with E-state index in [1.807, 2.05) is 4.90 Å². The number of hydrogen-bond donors (Lipinski definition) is 2. The van der Waals surface area contributed by atoms with E-state index in [1.165, 1.54) is 56.6 Å². The minimum atomic E-state index is -4.25. The molecule has 6 nitrogen and oxygen atoms in total. The van der Waals surface area contributed by atoms with Gasteiger partial charge in [0.25, 0.3) is 0 Å². The van der Waals surface area contributed by atoms with Crippen LogP contribution in [0.25, 0.3) is 10.2 Å². The van der Waals surface area contributed by atoms with Crippen molar-refractivity contribution in [3.63, 3.8) is 0 Å². The molecule has 2 aromatic rings. The molecule has 1 aliphatic heterocycles. The van der Waals surface area contributed by atoms with Gasteiger partial charge in [-0.3, -0.25) is 10.8 Å². The van der Waals surface area contributed by atoms with Crippen molar-refractivity contribution >= 4 is 49.3 Å². The summed E-state index contributed by atoms with van der Waals surface area (Å²) >= 11 is 2.31. The molecule has 1 aliphatic carbocycles. The smallest absolute Gasteiger partial charge is 0.352 e. The van der Waals surface area contributed by atoms with Gasteiger partial charge in [0, 0.05) is 31.1 Å². The highest BCUT2D eigenvalue weighted by Gasteiger charge is 2.30. The van der Waals surface area contributed by atoms with Crippen LogP contribution in [0.2, 0.25) is 0 Å². The van der Waals surface area contributed by atoms with Crippen molar-refractivity contribution in [2.45, 2.75) is 64.0 Å². The topological polar surface area (TPSA) is 80.0 Å². The Hall–Kier alpha value is -1.88. The first-order chi connectivity index (χ1) is 16.3. The maximum absolute atomic E-state index is 12.8. The number of piperazine rings is 1. The normalized spacial score (nSPS) is 18.0. The number of thioether (sulfide) groups is 1. The number of aromatic nitrogens is 2. The van der Waals surface area contributed by atoms with Crippen LogP contribution in [0.3, 0.4) is 0 Å². The van der Waals surface area contributed by atoms with Crippen molar-refractivity contribution in [3.8, 4) is 0 Å². The molecule has 1 saturated heterocycles. The summed E-state index contributed by atoms with van der Waals surface area (Å²) in [6.45, 7) is 2.47. The number of fused-ring (bicyclic) bond motifs is 1.